The number of aryl methyl sites for hydroxylation is 1. The van der Waals surface area contributed by atoms with E-state index in [1.807, 2.05) is 12.1 Å². The standard InChI is InChI=1S/C11H12N2O3/c12-11(16)13-8-4-2-1-3-7(8)5-6-9(13)10(14)15/h1-4,9H,5-6H2,(H2,12,16)(H,14,15). The van der Waals surface area contributed by atoms with Gasteiger partial charge in [-0.3, -0.25) is 4.90 Å². The van der Waals surface area contributed by atoms with E-state index in [1.54, 1.807) is 12.1 Å². The normalized spacial score (nSPS) is 19.0. The molecule has 0 bridgehead atoms. The molecular formula is C11H12N2O3. The van der Waals surface area contributed by atoms with Crippen LogP contribution in [0.2, 0.25) is 0 Å². The number of amides is 2. The number of benzene rings is 1. The summed E-state index contributed by atoms with van der Waals surface area (Å²) in [5, 5.41) is 9.03. The van der Waals surface area contributed by atoms with Gasteiger partial charge in [0, 0.05) is 5.69 Å². The quantitative estimate of drug-likeness (QED) is 0.739. The van der Waals surface area contributed by atoms with Gasteiger partial charge in [-0.15, -0.1) is 0 Å². The lowest BCUT2D eigenvalue weighted by Crippen LogP contribution is -2.50. The number of carbonyl (C=O) groups excluding carboxylic acids is 1. The van der Waals surface area contributed by atoms with E-state index >= 15 is 0 Å². The molecule has 1 unspecified atom stereocenters. The first-order chi connectivity index (χ1) is 7.61. The van der Waals surface area contributed by atoms with Gasteiger partial charge in [-0.1, -0.05) is 18.2 Å². The zero-order valence-electron chi connectivity index (χ0n) is 8.59. The Balaban J connectivity index is 2.47. The Labute approximate surface area is 92.5 Å². The van der Waals surface area contributed by atoms with Crippen LogP contribution in [-0.4, -0.2) is 23.1 Å². The maximum Gasteiger partial charge on any atom is 0.326 e. The largest absolute Gasteiger partial charge is 0.480 e. The average Bonchev–Trinajstić information content (AvgIpc) is 2.27. The second-order valence-corrected chi connectivity index (χ2v) is 3.73. The molecule has 0 radical (unpaired) electrons. The van der Waals surface area contributed by atoms with E-state index in [-0.39, 0.29) is 0 Å². The number of primary amides is 1. The molecule has 1 aliphatic heterocycles. The molecule has 0 saturated heterocycles. The van der Waals surface area contributed by atoms with Crippen molar-refractivity contribution in [2.24, 2.45) is 5.73 Å². The minimum Gasteiger partial charge on any atom is -0.480 e. The number of para-hydroxylation sites is 1. The van der Waals surface area contributed by atoms with Gasteiger partial charge < -0.3 is 10.8 Å². The van der Waals surface area contributed by atoms with Crippen molar-refractivity contribution in [3.05, 3.63) is 29.8 Å². The summed E-state index contributed by atoms with van der Waals surface area (Å²) in [6, 6.07) is 5.64. The number of urea groups is 1. The number of carboxylic acids is 1. The third kappa shape index (κ3) is 1.60. The second kappa shape index (κ2) is 3.84. The number of anilines is 1. The van der Waals surface area contributed by atoms with Gasteiger partial charge in [0.05, 0.1) is 0 Å². The molecule has 5 heteroatoms. The lowest BCUT2D eigenvalue weighted by Gasteiger charge is -2.33. The fourth-order valence-corrected chi connectivity index (χ4v) is 2.05. The van der Waals surface area contributed by atoms with Gasteiger partial charge in [0.15, 0.2) is 0 Å². The summed E-state index contributed by atoms with van der Waals surface area (Å²) in [6.45, 7) is 0. The lowest BCUT2D eigenvalue weighted by molar-refractivity contribution is -0.138. The van der Waals surface area contributed by atoms with Crippen LogP contribution >= 0.6 is 0 Å². The number of rotatable bonds is 1. The van der Waals surface area contributed by atoms with Gasteiger partial charge in [0.25, 0.3) is 0 Å². The molecule has 0 fully saturated rings. The molecule has 0 saturated carbocycles. The summed E-state index contributed by atoms with van der Waals surface area (Å²) in [5.74, 6) is -1.02. The molecule has 0 aromatic heterocycles. The van der Waals surface area contributed by atoms with Crippen molar-refractivity contribution >= 4 is 17.7 Å². The Bertz CT molecular complexity index is 445. The number of fused-ring (bicyclic) bond motifs is 1. The van der Waals surface area contributed by atoms with Crippen molar-refractivity contribution in [2.45, 2.75) is 18.9 Å². The van der Waals surface area contributed by atoms with E-state index in [9.17, 15) is 9.59 Å². The van der Waals surface area contributed by atoms with Gasteiger partial charge in [0.2, 0.25) is 0 Å². The molecule has 2 amide bonds. The Hall–Kier alpha value is -2.04. The number of nitrogens with zero attached hydrogens (tertiary/aromatic N) is 1. The van der Waals surface area contributed by atoms with Gasteiger partial charge in [-0.05, 0) is 24.5 Å². The first kappa shape index (κ1) is 10.5. The van der Waals surface area contributed by atoms with Crippen LogP contribution in [0.4, 0.5) is 10.5 Å². The van der Waals surface area contributed by atoms with Crippen molar-refractivity contribution in [3.63, 3.8) is 0 Å². The van der Waals surface area contributed by atoms with Crippen molar-refractivity contribution in [3.8, 4) is 0 Å². The summed E-state index contributed by atoms with van der Waals surface area (Å²) in [6.07, 6.45) is 1.05. The minimum absolute atomic E-state index is 0.398. The molecule has 2 rings (SSSR count). The Morgan fingerprint density at radius 1 is 1.38 bits per heavy atom. The molecule has 1 aliphatic rings. The average molecular weight is 220 g/mol. The van der Waals surface area contributed by atoms with Crippen molar-refractivity contribution in [1.82, 2.24) is 0 Å². The van der Waals surface area contributed by atoms with Crippen molar-refractivity contribution in [1.29, 1.82) is 0 Å². The zero-order valence-corrected chi connectivity index (χ0v) is 8.59. The van der Waals surface area contributed by atoms with Crippen LogP contribution in [-0.2, 0) is 11.2 Å². The first-order valence-electron chi connectivity index (χ1n) is 5.00. The van der Waals surface area contributed by atoms with Crippen LogP contribution in [0.5, 0.6) is 0 Å². The molecule has 1 aromatic rings. The Morgan fingerprint density at radius 2 is 2.06 bits per heavy atom. The molecule has 1 aromatic carbocycles. The van der Waals surface area contributed by atoms with E-state index in [4.69, 9.17) is 10.8 Å². The molecule has 84 valence electrons. The number of carbonyl (C=O) groups is 2. The molecule has 1 atom stereocenters. The number of carboxylic acid groups (broad SMARTS) is 1. The summed E-state index contributed by atoms with van der Waals surface area (Å²) >= 11 is 0. The van der Waals surface area contributed by atoms with Crippen LogP contribution in [0.3, 0.4) is 0 Å². The minimum atomic E-state index is -1.02. The highest BCUT2D eigenvalue weighted by atomic mass is 16.4. The van der Waals surface area contributed by atoms with E-state index in [0.29, 0.717) is 18.5 Å². The monoisotopic (exact) mass is 220 g/mol. The van der Waals surface area contributed by atoms with Crippen molar-refractivity contribution < 1.29 is 14.7 Å². The van der Waals surface area contributed by atoms with E-state index in [1.165, 1.54) is 0 Å². The van der Waals surface area contributed by atoms with Crippen molar-refractivity contribution in [2.75, 3.05) is 4.90 Å². The highest BCUT2D eigenvalue weighted by Gasteiger charge is 2.34. The van der Waals surface area contributed by atoms with Crippen LogP contribution < -0.4 is 10.6 Å². The fourth-order valence-electron chi connectivity index (χ4n) is 2.05. The molecule has 0 aliphatic carbocycles. The third-order valence-electron chi connectivity index (χ3n) is 2.77. The zero-order chi connectivity index (χ0) is 11.7. The van der Waals surface area contributed by atoms with Crippen LogP contribution in [0.25, 0.3) is 0 Å². The van der Waals surface area contributed by atoms with Crippen LogP contribution in [0.15, 0.2) is 24.3 Å². The molecule has 3 N–H and O–H groups in total. The third-order valence-corrected chi connectivity index (χ3v) is 2.77. The van der Waals surface area contributed by atoms with Gasteiger partial charge in [-0.2, -0.15) is 0 Å². The molecule has 16 heavy (non-hydrogen) atoms. The van der Waals surface area contributed by atoms with E-state index < -0.39 is 18.0 Å². The maximum absolute atomic E-state index is 11.3. The second-order valence-electron chi connectivity index (χ2n) is 3.73. The summed E-state index contributed by atoms with van der Waals surface area (Å²) in [7, 11) is 0. The summed E-state index contributed by atoms with van der Waals surface area (Å²) < 4.78 is 0. The van der Waals surface area contributed by atoms with Gasteiger partial charge in [0.1, 0.15) is 6.04 Å². The van der Waals surface area contributed by atoms with E-state index in [2.05, 4.69) is 0 Å². The highest BCUT2D eigenvalue weighted by molar-refractivity contribution is 5.98. The van der Waals surface area contributed by atoms with Gasteiger partial charge >= 0.3 is 12.0 Å². The number of nitrogens with two attached hydrogens (primary N) is 1. The predicted molar refractivity (Wildman–Crippen MR) is 58.2 cm³/mol. The fraction of sp³-hybridized carbons (Fsp3) is 0.273. The van der Waals surface area contributed by atoms with Crippen LogP contribution in [0.1, 0.15) is 12.0 Å². The number of aliphatic carboxylic acids is 1. The number of hydrogen-bond donors (Lipinski definition) is 2. The lowest BCUT2D eigenvalue weighted by atomic mass is 9.96. The molecular weight excluding hydrogens is 208 g/mol. The van der Waals surface area contributed by atoms with E-state index in [0.717, 1.165) is 10.5 Å². The Morgan fingerprint density at radius 3 is 2.69 bits per heavy atom. The van der Waals surface area contributed by atoms with Gasteiger partial charge in [-0.25, -0.2) is 9.59 Å². The number of hydrogen-bond acceptors (Lipinski definition) is 2. The Kier molecular flexibility index (Phi) is 2.52. The molecule has 0 spiro atoms. The maximum atomic E-state index is 11.3. The molecule has 5 nitrogen and oxygen atoms in total. The topological polar surface area (TPSA) is 83.6 Å². The highest BCUT2D eigenvalue weighted by Crippen LogP contribution is 2.30. The smallest absolute Gasteiger partial charge is 0.326 e. The predicted octanol–water partition coefficient (Wildman–Crippen LogP) is 0.971. The first-order valence-corrected chi connectivity index (χ1v) is 5.00. The summed E-state index contributed by atoms with van der Waals surface area (Å²) in [5.41, 5.74) is 6.80. The molecule has 1 heterocycles. The summed E-state index contributed by atoms with van der Waals surface area (Å²) in [4.78, 5) is 23.5. The SMILES string of the molecule is NC(=O)N1c2ccccc2CCC1C(=O)O. The van der Waals surface area contributed by atoms with Crippen LogP contribution in [0, 0.1) is 0 Å².